The van der Waals surface area contributed by atoms with Crippen LogP contribution in [0.5, 0.6) is 5.75 Å². The van der Waals surface area contributed by atoms with Gasteiger partial charge in [0, 0.05) is 17.3 Å². The summed E-state index contributed by atoms with van der Waals surface area (Å²) in [5.74, 6) is -2.06. The third kappa shape index (κ3) is 5.01. The predicted molar refractivity (Wildman–Crippen MR) is 128 cm³/mol. The van der Waals surface area contributed by atoms with Crippen molar-refractivity contribution in [2.24, 2.45) is 0 Å². The van der Waals surface area contributed by atoms with Gasteiger partial charge >= 0.3 is 5.69 Å². The number of nitrogens with zero attached hydrogens (tertiary/aromatic N) is 2. The number of aryl methyl sites for hydroxylation is 1. The molecule has 10 heteroatoms. The van der Waals surface area contributed by atoms with Gasteiger partial charge in [-0.2, -0.15) is 0 Å². The zero-order valence-corrected chi connectivity index (χ0v) is 18.6. The maximum atomic E-state index is 12.9. The van der Waals surface area contributed by atoms with Gasteiger partial charge in [-0.05, 0) is 36.8 Å². The average molecular weight is 472 g/mol. The lowest BCUT2D eigenvalue weighted by atomic mass is 10.1. The second-order valence-electron chi connectivity index (χ2n) is 7.58. The first-order valence-electron chi connectivity index (χ1n) is 10.5. The molecule has 3 aromatic rings. The Morgan fingerprint density at radius 1 is 1.06 bits per heavy atom. The number of hydrogen-bond donors (Lipinski definition) is 2. The number of nitro groups is 1. The first-order valence-corrected chi connectivity index (χ1v) is 10.5. The van der Waals surface area contributed by atoms with Gasteiger partial charge in [-0.3, -0.25) is 29.9 Å². The van der Waals surface area contributed by atoms with E-state index in [9.17, 15) is 24.5 Å². The number of carbonyl (C=O) groups excluding carboxylic acids is 3. The van der Waals surface area contributed by atoms with Crippen LogP contribution in [0.3, 0.4) is 0 Å². The van der Waals surface area contributed by atoms with Crippen molar-refractivity contribution >= 4 is 40.9 Å². The zero-order chi connectivity index (χ0) is 24.9. The van der Waals surface area contributed by atoms with Crippen LogP contribution in [0, 0.1) is 17.0 Å². The Kier molecular flexibility index (Phi) is 6.54. The van der Waals surface area contributed by atoms with Crippen LogP contribution in [-0.4, -0.2) is 29.3 Å². The van der Waals surface area contributed by atoms with Crippen LogP contribution in [0.2, 0.25) is 0 Å². The van der Waals surface area contributed by atoms with Gasteiger partial charge in [0.05, 0.1) is 10.6 Å². The molecule has 1 aliphatic rings. The van der Waals surface area contributed by atoms with Gasteiger partial charge in [0.25, 0.3) is 17.7 Å². The number of hydrazine groups is 1. The van der Waals surface area contributed by atoms with Gasteiger partial charge in [0.15, 0.2) is 6.61 Å². The molecule has 1 heterocycles. The minimum Gasteiger partial charge on any atom is -0.476 e. The van der Waals surface area contributed by atoms with Crippen molar-refractivity contribution in [2.45, 2.75) is 6.92 Å². The first-order chi connectivity index (χ1) is 16.8. The van der Waals surface area contributed by atoms with Gasteiger partial charge in [-0.15, -0.1) is 0 Å². The molecule has 0 aromatic heterocycles. The van der Waals surface area contributed by atoms with Crippen LogP contribution in [-0.2, 0) is 14.4 Å². The lowest BCUT2D eigenvalue weighted by Gasteiger charge is -2.14. The molecule has 3 amide bonds. The van der Waals surface area contributed by atoms with Crippen molar-refractivity contribution in [1.29, 1.82) is 0 Å². The molecule has 3 aromatic carbocycles. The van der Waals surface area contributed by atoms with Crippen molar-refractivity contribution < 1.29 is 24.0 Å². The summed E-state index contributed by atoms with van der Waals surface area (Å²) in [6.45, 7) is 1.30. The van der Waals surface area contributed by atoms with Crippen LogP contribution >= 0.6 is 0 Å². The van der Waals surface area contributed by atoms with Crippen molar-refractivity contribution in [3.63, 3.8) is 0 Å². The third-order valence-corrected chi connectivity index (χ3v) is 5.19. The van der Waals surface area contributed by atoms with Crippen molar-refractivity contribution in [3.8, 4) is 5.75 Å². The molecule has 0 bridgehead atoms. The summed E-state index contributed by atoms with van der Waals surface area (Å²) < 4.78 is 5.54. The third-order valence-electron chi connectivity index (χ3n) is 5.19. The molecule has 35 heavy (non-hydrogen) atoms. The van der Waals surface area contributed by atoms with E-state index in [0.717, 1.165) is 10.6 Å². The Morgan fingerprint density at radius 3 is 2.49 bits per heavy atom. The molecule has 1 fully saturated rings. The lowest BCUT2D eigenvalue weighted by molar-refractivity contribution is -0.385. The minimum absolute atomic E-state index is 0.108. The smallest absolute Gasteiger partial charge is 0.311 e. The number of hydrogen-bond acceptors (Lipinski definition) is 6. The fourth-order valence-electron chi connectivity index (χ4n) is 3.47. The second-order valence-corrected chi connectivity index (χ2v) is 7.58. The van der Waals surface area contributed by atoms with Crippen LogP contribution < -0.4 is 20.5 Å². The number of anilines is 2. The molecule has 0 unspecified atom stereocenters. The molecule has 0 atom stereocenters. The quantitative estimate of drug-likeness (QED) is 0.235. The summed E-state index contributed by atoms with van der Waals surface area (Å²) in [5.41, 5.74) is 3.81. The van der Waals surface area contributed by atoms with Gasteiger partial charge in [0.2, 0.25) is 5.75 Å². The van der Waals surface area contributed by atoms with E-state index in [2.05, 4.69) is 10.7 Å². The molecule has 10 nitrogen and oxygen atoms in total. The normalized spacial score (nSPS) is 14.1. The molecule has 0 saturated carbocycles. The van der Waals surface area contributed by atoms with Crippen molar-refractivity contribution in [3.05, 3.63) is 99.6 Å². The molecule has 1 saturated heterocycles. The van der Waals surface area contributed by atoms with Crippen LogP contribution in [0.25, 0.3) is 6.08 Å². The summed E-state index contributed by atoms with van der Waals surface area (Å²) >= 11 is 0. The number of nitro benzene ring substituents is 1. The summed E-state index contributed by atoms with van der Waals surface area (Å²) in [6, 6.07) is 19.7. The summed E-state index contributed by atoms with van der Waals surface area (Å²) in [6.07, 6.45) is 1.21. The topological polar surface area (TPSA) is 131 Å². The second kappa shape index (κ2) is 9.87. The highest BCUT2D eigenvalue weighted by molar-refractivity contribution is 6.31. The van der Waals surface area contributed by atoms with E-state index in [1.807, 2.05) is 19.1 Å². The fraction of sp³-hybridized carbons (Fsp3) is 0.0800. The van der Waals surface area contributed by atoms with E-state index in [0.29, 0.717) is 11.4 Å². The largest absolute Gasteiger partial charge is 0.476 e. The number of carbonyl (C=O) groups is 3. The average Bonchev–Trinajstić information content (AvgIpc) is 3.13. The predicted octanol–water partition coefficient (Wildman–Crippen LogP) is 3.38. The van der Waals surface area contributed by atoms with Gasteiger partial charge in [-0.1, -0.05) is 48.5 Å². The van der Waals surface area contributed by atoms with E-state index in [4.69, 9.17) is 4.74 Å². The number of ether oxygens (including phenoxy) is 1. The van der Waals surface area contributed by atoms with E-state index in [1.165, 1.54) is 24.3 Å². The van der Waals surface area contributed by atoms with Crippen molar-refractivity contribution in [2.75, 3.05) is 16.9 Å². The van der Waals surface area contributed by atoms with E-state index >= 15 is 0 Å². The minimum atomic E-state index is -0.673. The molecular formula is C25H20N4O6. The number of benzene rings is 3. The number of rotatable bonds is 7. The maximum Gasteiger partial charge on any atom is 0.311 e. The number of para-hydroxylation sites is 3. The molecular weight excluding hydrogens is 452 g/mol. The van der Waals surface area contributed by atoms with Crippen LogP contribution in [0.4, 0.5) is 17.1 Å². The summed E-state index contributed by atoms with van der Waals surface area (Å²) in [5, 5.41) is 15.4. The molecule has 0 spiro atoms. The maximum absolute atomic E-state index is 12.9. The molecule has 2 N–H and O–H groups in total. The highest BCUT2D eigenvalue weighted by atomic mass is 16.6. The highest BCUT2D eigenvalue weighted by Crippen LogP contribution is 2.33. The van der Waals surface area contributed by atoms with E-state index < -0.39 is 34.9 Å². The Hall–Kier alpha value is -4.99. The van der Waals surface area contributed by atoms with E-state index in [-0.39, 0.29) is 16.9 Å². The Balaban J connectivity index is 1.61. The first kappa shape index (κ1) is 23.2. The summed E-state index contributed by atoms with van der Waals surface area (Å²) in [4.78, 5) is 48.8. The zero-order valence-electron chi connectivity index (χ0n) is 18.6. The Bertz CT molecular complexity index is 1350. The van der Waals surface area contributed by atoms with Gasteiger partial charge in [0.1, 0.15) is 5.57 Å². The van der Waals surface area contributed by atoms with Crippen molar-refractivity contribution in [1.82, 2.24) is 5.43 Å². The Morgan fingerprint density at radius 2 is 1.77 bits per heavy atom. The SMILES string of the molecule is Cc1ccccc1NC(=O)COc1c(/C=C2/C(=O)NN(c3ccccc3)C2=O)cccc1[N+](=O)[O-]. The molecule has 4 rings (SSSR count). The van der Waals surface area contributed by atoms with Crippen LogP contribution in [0.1, 0.15) is 11.1 Å². The molecule has 0 radical (unpaired) electrons. The fourth-order valence-corrected chi connectivity index (χ4v) is 3.47. The standard InChI is InChI=1S/C25H20N4O6/c1-16-8-5-6-12-20(16)26-22(30)15-35-23-17(9-7-13-21(23)29(33)34)14-19-24(31)27-28(25(19)32)18-10-3-2-4-11-18/h2-14H,15H2,1H3,(H,26,30)(H,27,31)/b19-14-. The van der Waals surface area contributed by atoms with Gasteiger partial charge in [-0.25, -0.2) is 5.01 Å². The summed E-state index contributed by atoms with van der Waals surface area (Å²) in [7, 11) is 0. The van der Waals surface area contributed by atoms with Gasteiger partial charge < -0.3 is 10.1 Å². The number of nitrogens with one attached hydrogen (secondary N) is 2. The molecule has 0 aliphatic carbocycles. The highest BCUT2D eigenvalue weighted by Gasteiger charge is 2.35. The Labute approximate surface area is 199 Å². The van der Waals surface area contributed by atoms with Crippen LogP contribution in [0.15, 0.2) is 78.4 Å². The number of amides is 3. The lowest BCUT2D eigenvalue weighted by Crippen LogP contribution is -2.35. The molecule has 176 valence electrons. The molecule has 1 aliphatic heterocycles. The van der Waals surface area contributed by atoms with E-state index in [1.54, 1.807) is 42.5 Å². The monoisotopic (exact) mass is 472 g/mol.